The van der Waals surface area contributed by atoms with Crippen molar-refractivity contribution >= 4 is 0 Å². The second-order valence-corrected chi connectivity index (χ2v) is 6.36. The summed E-state index contributed by atoms with van der Waals surface area (Å²) < 4.78 is 45.8. The van der Waals surface area contributed by atoms with Gasteiger partial charge in [-0.25, -0.2) is 8.78 Å². The van der Waals surface area contributed by atoms with Crippen LogP contribution < -0.4 is 4.74 Å². The molecule has 1 aliphatic carbocycles. The van der Waals surface area contributed by atoms with E-state index < -0.39 is 11.6 Å². The summed E-state index contributed by atoms with van der Waals surface area (Å²) in [4.78, 5) is 0. The SMILES string of the molecule is CCOc1ccc(CCC2CCC(C=C(C)F)CC2)c(F)c1F. The van der Waals surface area contributed by atoms with Crippen LogP contribution in [0.4, 0.5) is 13.2 Å². The molecule has 0 bridgehead atoms. The number of aryl methyl sites for hydroxylation is 1. The first-order valence-corrected chi connectivity index (χ1v) is 8.44. The van der Waals surface area contributed by atoms with Crippen molar-refractivity contribution < 1.29 is 17.9 Å². The van der Waals surface area contributed by atoms with Crippen LogP contribution in [0.3, 0.4) is 0 Å². The summed E-state index contributed by atoms with van der Waals surface area (Å²) in [5.74, 6) is -0.982. The van der Waals surface area contributed by atoms with Gasteiger partial charge in [0, 0.05) is 0 Å². The van der Waals surface area contributed by atoms with Gasteiger partial charge in [0.25, 0.3) is 0 Å². The molecule has 128 valence electrons. The smallest absolute Gasteiger partial charge is 0.200 e. The zero-order chi connectivity index (χ0) is 16.8. The fourth-order valence-corrected chi connectivity index (χ4v) is 3.36. The van der Waals surface area contributed by atoms with E-state index in [2.05, 4.69) is 0 Å². The van der Waals surface area contributed by atoms with Crippen molar-refractivity contribution in [2.45, 2.75) is 52.4 Å². The molecule has 0 unspecified atom stereocenters. The summed E-state index contributed by atoms with van der Waals surface area (Å²) in [5.41, 5.74) is 0.410. The number of ether oxygens (including phenoxy) is 1. The first-order chi connectivity index (χ1) is 11.0. The minimum absolute atomic E-state index is 0.0253. The number of benzene rings is 1. The number of rotatable bonds is 6. The maximum absolute atomic E-state index is 14.0. The van der Waals surface area contributed by atoms with Gasteiger partial charge in [-0.15, -0.1) is 0 Å². The summed E-state index contributed by atoms with van der Waals surface area (Å²) in [7, 11) is 0. The topological polar surface area (TPSA) is 9.23 Å². The average molecular weight is 326 g/mol. The van der Waals surface area contributed by atoms with E-state index in [-0.39, 0.29) is 11.6 Å². The molecule has 0 heterocycles. The summed E-state index contributed by atoms with van der Waals surface area (Å²) in [5, 5.41) is 0. The van der Waals surface area contributed by atoms with Crippen LogP contribution in [0.5, 0.6) is 5.75 Å². The van der Waals surface area contributed by atoms with Gasteiger partial charge in [0.1, 0.15) is 0 Å². The number of halogens is 3. The van der Waals surface area contributed by atoms with Gasteiger partial charge in [0.2, 0.25) is 5.82 Å². The van der Waals surface area contributed by atoms with Crippen molar-refractivity contribution in [1.29, 1.82) is 0 Å². The summed E-state index contributed by atoms with van der Waals surface area (Å²) >= 11 is 0. The van der Waals surface area contributed by atoms with Crippen LogP contribution in [0.1, 0.15) is 51.5 Å². The molecule has 0 amide bonds. The molecule has 1 aromatic carbocycles. The first-order valence-electron chi connectivity index (χ1n) is 8.44. The lowest BCUT2D eigenvalue weighted by Gasteiger charge is -2.26. The Morgan fingerprint density at radius 3 is 2.48 bits per heavy atom. The predicted octanol–water partition coefficient (Wildman–Crippen LogP) is 5.98. The predicted molar refractivity (Wildman–Crippen MR) is 86.2 cm³/mol. The maximum Gasteiger partial charge on any atom is 0.200 e. The second-order valence-electron chi connectivity index (χ2n) is 6.36. The monoisotopic (exact) mass is 326 g/mol. The highest BCUT2D eigenvalue weighted by molar-refractivity contribution is 5.31. The molecule has 0 radical (unpaired) electrons. The molecule has 0 spiro atoms. The van der Waals surface area contributed by atoms with E-state index in [9.17, 15) is 13.2 Å². The summed E-state index contributed by atoms with van der Waals surface area (Å²) in [6.45, 7) is 3.53. The lowest BCUT2D eigenvalue weighted by Crippen LogP contribution is -2.14. The molecule has 1 fully saturated rings. The van der Waals surface area contributed by atoms with Crippen molar-refractivity contribution in [2.24, 2.45) is 11.8 Å². The molecule has 23 heavy (non-hydrogen) atoms. The second kappa shape index (κ2) is 8.42. The fraction of sp³-hybridized carbons (Fsp3) is 0.579. The van der Waals surface area contributed by atoms with E-state index in [0.29, 0.717) is 30.4 Å². The van der Waals surface area contributed by atoms with Crippen molar-refractivity contribution in [1.82, 2.24) is 0 Å². The molecule has 1 nitrogen and oxygen atoms in total. The summed E-state index contributed by atoms with van der Waals surface area (Å²) in [6, 6.07) is 3.12. The molecule has 0 N–H and O–H groups in total. The molecule has 0 aromatic heterocycles. The zero-order valence-electron chi connectivity index (χ0n) is 13.9. The van der Waals surface area contributed by atoms with Gasteiger partial charge in [-0.2, -0.15) is 4.39 Å². The Bertz CT molecular complexity index is 542. The van der Waals surface area contributed by atoms with E-state index in [0.717, 1.165) is 32.1 Å². The van der Waals surface area contributed by atoms with Crippen LogP contribution in [0.2, 0.25) is 0 Å². The number of hydrogen-bond donors (Lipinski definition) is 0. The van der Waals surface area contributed by atoms with Crippen LogP contribution in [-0.2, 0) is 6.42 Å². The third-order valence-electron chi connectivity index (χ3n) is 4.61. The Hall–Kier alpha value is -1.45. The molecule has 1 aliphatic rings. The highest BCUT2D eigenvalue weighted by Gasteiger charge is 2.21. The van der Waals surface area contributed by atoms with Gasteiger partial charge in [-0.05, 0) is 75.8 Å². The molecule has 1 aromatic rings. The van der Waals surface area contributed by atoms with Crippen LogP contribution in [0.25, 0.3) is 0 Å². The zero-order valence-corrected chi connectivity index (χ0v) is 13.9. The fourth-order valence-electron chi connectivity index (χ4n) is 3.36. The minimum Gasteiger partial charge on any atom is -0.491 e. The van der Waals surface area contributed by atoms with E-state index in [1.165, 1.54) is 13.0 Å². The van der Waals surface area contributed by atoms with Crippen molar-refractivity contribution in [2.75, 3.05) is 6.61 Å². The van der Waals surface area contributed by atoms with Crippen LogP contribution in [0, 0.1) is 23.5 Å². The Labute approximate surface area is 136 Å². The van der Waals surface area contributed by atoms with E-state index in [1.807, 2.05) is 0 Å². The maximum atomic E-state index is 14.0. The van der Waals surface area contributed by atoms with Gasteiger partial charge in [-0.3, -0.25) is 0 Å². The third-order valence-corrected chi connectivity index (χ3v) is 4.61. The lowest BCUT2D eigenvalue weighted by molar-refractivity contribution is 0.291. The van der Waals surface area contributed by atoms with Crippen LogP contribution in [-0.4, -0.2) is 6.61 Å². The van der Waals surface area contributed by atoms with Gasteiger partial charge >= 0.3 is 0 Å². The average Bonchev–Trinajstić information content (AvgIpc) is 2.52. The number of hydrogen-bond acceptors (Lipinski definition) is 1. The standard InChI is InChI=1S/C19H25F3O/c1-3-23-17-11-10-16(18(21)19(17)22)9-8-14-4-6-15(7-5-14)12-13(2)20/h10-12,14-15H,3-9H2,1-2H3. The van der Waals surface area contributed by atoms with Gasteiger partial charge < -0.3 is 4.74 Å². The largest absolute Gasteiger partial charge is 0.491 e. The molecular weight excluding hydrogens is 301 g/mol. The van der Waals surface area contributed by atoms with Gasteiger partial charge in [0.05, 0.1) is 12.4 Å². The van der Waals surface area contributed by atoms with Gasteiger partial charge in [-0.1, -0.05) is 12.1 Å². The first kappa shape index (κ1) is 17.9. The van der Waals surface area contributed by atoms with E-state index >= 15 is 0 Å². The molecule has 0 aliphatic heterocycles. The van der Waals surface area contributed by atoms with Gasteiger partial charge in [0.15, 0.2) is 11.6 Å². The molecule has 1 saturated carbocycles. The molecular formula is C19H25F3O. The normalized spacial score (nSPS) is 22.2. The highest BCUT2D eigenvalue weighted by Crippen LogP contribution is 2.33. The Morgan fingerprint density at radius 1 is 1.17 bits per heavy atom. The Morgan fingerprint density at radius 2 is 1.87 bits per heavy atom. The van der Waals surface area contributed by atoms with Crippen molar-refractivity contribution in [3.63, 3.8) is 0 Å². The molecule has 4 heteroatoms. The number of allylic oxidation sites excluding steroid dienone is 2. The molecule has 0 saturated heterocycles. The Kier molecular flexibility index (Phi) is 6.55. The quantitative estimate of drug-likeness (QED) is 0.625. The lowest BCUT2D eigenvalue weighted by atomic mass is 9.79. The summed E-state index contributed by atoms with van der Waals surface area (Å²) in [6.07, 6.45) is 7.08. The van der Waals surface area contributed by atoms with Crippen LogP contribution in [0.15, 0.2) is 24.0 Å². The minimum atomic E-state index is -0.892. The van der Waals surface area contributed by atoms with Crippen molar-refractivity contribution in [3.8, 4) is 5.75 Å². The van der Waals surface area contributed by atoms with E-state index in [4.69, 9.17) is 4.74 Å². The molecule has 0 atom stereocenters. The third kappa shape index (κ3) is 5.02. The Balaban J connectivity index is 1.87. The highest BCUT2D eigenvalue weighted by atomic mass is 19.2. The molecule has 2 rings (SSSR count). The van der Waals surface area contributed by atoms with E-state index in [1.54, 1.807) is 19.1 Å². The van der Waals surface area contributed by atoms with Crippen LogP contribution >= 0.6 is 0 Å². The van der Waals surface area contributed by atoms with Crippen molar-refractivity contribution in [3.05, 3.63) is 41.2 Å².